The Morgan fingerprint density at radius 2 is 1.28 bits per heavy atom. The molecule has 3 fully saturated rings. The molecule has 12 N–H and O–H groups in total. The first kappa shape index (κ1) is 51.8. The van der Waals surface area contributed by atoms with Crippen LogP contribution in [0.1, 0.15) is 77.0 Å². The van der Waals surface area contributed by atoms with Gasteiger partial charge in [0, 0.05) is 53.2 Å². The van der Waals surface area contributed by atoms with Gasteiger partial charge in [0.15, 0.2) is 0 Å². The van der Waals surface area contributed by atoms with Crippen molar-refractivity contribution in [1.29, 1.82) is 0 Å². The molecular formula is C36H82N6O10Si2. The predicted octanol–water partition coefficient (Wildman–Crippen LogP) is 1.31. The third-order valence-electron chi connectivity index (χ3n) is 9.78. The van der Waals surface area contributed by atoms with Gasteiger partial charge >= 0.3 is 17.6 Å². The van der Waals surface area contributed by atoms with Crippen molar-refractivity contribution >= 4 is 17.6 Å². The maximum atomic E-state index is 9.96. The summed E-state index contributed by atoms with van der Waals surface area (Å²) in [6, 6.07) is 1.58. The van der Waals surface area contributed by atoms with E-state index in [9.17, 15) is 5.11 Å². The summed E-state index contributed by atoms with van der Waals surface area (Å²) < 4.78 is 49.0. The van der Waals surface area contributed by atoms with Gasteiger partial charge in [-0.2, -0.15) is 0 Å². The summed E-state index contributed by atoms with van der Waals surface area (Å²) in [6.07, 6.45) is 13.2. The number of hydrogen-bond donors (Lipinski definition) is 7. The minimum atomic E-state index is -2.39. The van der Waals surface area contributed by atoms with E-state index < -0.39 is 23.7 Å². The number of ether oxygens (including phenoxy) is 3. The van der Waals surface area contributed by atoms with Crippen LogP contribution in [-0.4, -0.2) is 154 Å². The van der Waals surface area contributed by atoms with Gasteiger partial charge in [0.1, 0.15) is 6.10 Å². The second kappa shape index (κ2) is 33.7. The van der Waals surface area contributed by atoms with Crippen molar-refractivity contribution in [1.82, 2.24) is 5.32 Å². The van der Waals surface area contributed by atoms with Crippen LogP contribution in [0.5, 0.6) is 0 Å². The number of nitrogens with two attached hydrogens (primary N) is 5. The quantitative estimate of drug-likeness (QED) is 0.0275. The Bertz CT molecular complexity index is 829. The van der Waals surface area contributed by atoms with Gasteiger partial charge in [-0.25, -0.2) is 0 Å². The molecule has 0 radical (unpaired) electrons. The van der Waals surface area contributed by atoms with Crippen molar-refractivity contribution in [3.63, 3.8) is 0 Å². The zero-order valence-corrected chi connectivity index (χ0v) is 36.2. The summed E-state index contributed by atoms with van der Waals surface area (Å²) in [7, 11) is 0.148. The Balaban J connectivity index is 0.000000455. The first-order valence-corrected chi connectivity index (χ1v) is 24.4. The van der Waals surface area contributed by atoms with Crippen molar-refractivity contribution in [2.75, 3.05) is 113 Å². The van der Waals surface area contributed by atoms with Gasteiger partial charge < -0.3 is 79.9 Å². The summed E-state index contributed by atoms with van der Waals surface area (Å²) in [5.74, 6) is 1.26. The third-order valence-corrected chi connectivity index (χ3v) is 15.5. The highest BCUT2D eigenvalue weighted by molar-refractivity contribution is 6.62. The molecule has 0 amide bonds. The lowest BCUT2D eigenvalue weighted by Crippen LogP contribution is -2.42. The minimum Gasteiger partial charge on any atom is -0.389 e. The number of epoxide rings is 1. The van der Waals surface area contributed by atoms with E-state index in [1.807, 2.05) is 0 Å². The van der Waals surface area contributed by atoms with Crippen molar-refractivity contribution in [3.8, 4) is 0 Å². The standard InChI is InChI=1S/C18H39N3O5Si.C9H23N3.C9H20O5Si/c19-7-3-6-16(11-20)5-1-2-8-21-12-17(22)13-23-9-4-10-27-24-14-18(26-27)15-25-27;10-6-2-1-4-9(8-12)5-3-7-11;1-10-15(11-2,12-3)6-4-5-13-7-9-8-14-9/h16-18,21-22H,1-15,19-20H2;9H,1-8,10-12H2;9H,4-8H2,1-3H3. The van der Waals surface area contributed by atoms with Crippen LogP contribution in [-0.2, 0) is 40.8 Å². The van der Waals surface area contributed by atoms with E-state index in [2.05, 4.69) is 5.32 Å². The topological polar surface area (TPSA) is 249 Å². The van der Waals surface area contributed by atoms with Crippen LogP contribution in [0.25, 0.3) is 0 Å². The molecule has 0 aromatic heterocycles. The van der Waals surface area contributed by atoms with Gasteiger partial charge in [0.05, 0.1) is 45.2 Å². The highest BCUT2D eigenvalue weighted by atomic mass is 28.4. The highest BCUT2D eigenvalue weighted by Gasteiger charge is 2.54. The van der Waals surface area contributed by atoms with E-state index in [1.54, 1.807) is 21.3 Å². The molecule has 324 valence electrons. The van der Waals surface area contributed by atoms with Crippen molar-refractivity contribution < 1.29 is 45.9 Å². The first-order chi connectivity index (χ1) is 26.3. The molecule has 4 atom stereocenters. The maximum absolute atomic E-state index is 9.96. The molecule has 0 spiro atoms. The largest absolute Gasteiger partial charge is 0.501 e. The average molecular weight is 815 g/mol. The number of aliphatic hydroxyl groups excluding tert-OH is 1. The van der Waals surface area contributed by atoms with Crippen molar-refractivity contribution in [2.24, 2.45) is 40.5 Å². The van der Waals surface area contributed by atoms with Crippen LogP contribution in [0.3, 0.4) is 0 Å². The molecule has 3 heterocycles. The smallest absolute Gasteiger partial charge is 0.389 e. The van der Waals surface area contributed by atoms with Crippen LogP contribution in [0.4, 0.5) is 0 Å². The van der Waals surface area contributed by atoms with Crippen LogP contribution in [0.15, 0.2) is 0 Å². The van der Waals surface area contributed by atoms with E-state index in [0.717, 1.165) is 116 Å². The molecular weight excluding hydrogens is 733 g/mol. The van der Waals surface area contributed by atoms with Gasteiger partial charge in [-0.1, -0.05) is 12.8 Å². The van der Waals surface area contributed by atoms with Gasteiger partial charge in [-0.15, -0.1) is 0 Å². The predicted molar refractivity (Wildman–Crippen MR) is 217 cm³/mol. The summed E-state index contributed by atoms with van der Waals surface area (Å²) in [5.41, 5.74) is 27.8. The average Bonchev–Trinajstić information content (AvgIpc) is 3.82. The summed E-state index contributed by atoms with van der Waals surface area (Å²) >= 11 is 0. The highest BCUT2D eigenvalue weighted by Crippen LogP contribution is 2.32. The van der Waals surface area contributed by atoms with Crippen LogP contribution < -0.4 is 34.0 Å². The molecule has 16 nitrogen and oxygen atoms in total. The van der Waals surface area contributed by atoms with E-state index in [-0.39, 0.29) is 6.10 Å². The van der Waals surface area contributed by atoms with E-state index in [1.165, 1.54) is 19.3 Å². The molecule has 0 aliphatic carbocycles. The molecule has 54 heavy (non-hydrogen) atoms. The molecule has 0 aromatic carbocycles. The number of nitrogens with one attached hydrogen (secondary N) is 1. The van der Waals surface area contributed by atoms with Crippen LogP contribution >= 0.6 is 0 Å². The fourth-order valence-electron chi connectivity index (χ4n) is 6.22. The molecule has 3 aliphatic heterocycles. The number of rotatable bonds is 34. The Labute approximate surface area is 329 Å². The number of aliphatic hydroxyl groups is 1. The monoisotopic (exact) mass is 815 g/mol. The van der Waals surface area contributed by atoms with Crippen molar-refractivity contribution in [2.45, 2.75) is 107 Å². The molecule has 0 saturated carbocycles. The number of unbranched alkanes of at least 4 members (excludes halogenated alkanes) is 2. The van der Waals surface area contributed by atoms with Gasteiger partial charge in [-0.05, 0) is 115 Å². The Morgan fingerprint density at radius 3 is 1.78 bits per heavy atom. The molecule has 3 rings (SSSR count). The van der Waals surface area contributed by atoms with E-state index in [4.69, 9.17) is 69.4 Å². The molecule has 4 unspecified atom stereocenters. The molecule has 2 bridgehead atoms. The second-order valence-corrected chi connectivity index (χ2v) is 20.1. The summed E-state index contributed by atoms with van der Waals surface area (Å²) in [5, 5.41) is 13.3. The summed E-state index contributed by atoms with van der Waals surface area (Å²) in [4.78, 5) is 0. The fourth-order valence-corrected chi connectivity index (χ4v) is 10.6. The van der Waals surface area contributed by atoms with Gasteiger partial charge in [0.2, 0.25) is 0 Å². The SMILES string of the molecule is CO[Si](CCCOCC1CO1)(OC)OC.NCCCC(CN)CCCCNCC(O)COCCC[Si]12OCC(CO1)O2.NCCCCC(CN)CCCN. The number of hydrogen-bond acceptors (Lipinski definition) is 16. The third kappa shape index (κ3) is 25.2. The summed E-state index contributed by atoms with van der Waals surface area (Å²) in [6.45, 7) is 9.88. The maximum Gasteiger partial charge on any atom is 0.501 e. The van der Waals surface area contributed by atoms with E-state index in [0.29, 0.717) is 64.1 Å². The Morgan fingerprint density at radius 1 is 0.722 bits per heavy atom. The fraction of sp³-hybridized carbons (Fsp3) is 1.00. The van der Waals surface area contributed by atoms with Crippen LogP contribution in [0, 0.1) is 11.8 Å². The van der Waals surface area contributed by atoms with Crippen molar-refractivity contribution in [3.05, 3.63) is 0 Å². The second-order valence-electron chi connectivity index (χ2n) is 14.4. The zero-order valence-electron chi connectivity index (χ0n) is 34.2. The zero-order chi connectivity index (χ0) is 39.8. The lowest BCUT2D eigenvalue weighted by Gasteiger charge is -2.24. The lowest BCUT2D eigenvalue weighted by molar-refractivity contribution is 0.0362. The lowest BCUT2D eigenvalue weighted by atomic mass is 9.97. The van der Waals surface area contributed by atoms with Crippen LogP contribution in [0.2, 0.25) is 12.1 Å². The minimum absolute atomic E-state index is 0.151. The Hall–Kier alpha value is -0.206. The Kier molecular flexibility index (Phi) is 32.4. The van der Waals surface area contributed by atoms with Gasteiger partial charge in [0.25, 0.3) is 0 Å². The normalized spacial score (nSPS) is 21.9. The first-order valence-electron chi connectivity index (χ1n) is 20.6. The molecule has 0 aromatic rings. The van der Waals surface area contributed by atoms with E-state index >= 15 is 0 Å². The number of fused-ring (bicyclic) bond motifs is 2. The molecule has 18 heteroatoms. The molecule has 3 saturated heterocycles. The van der Waals surface area contributed by atoms with Gasteiger partial charge in [-0.3, -0.25) is 0 Å². The molecule has 3 aliphatic rings.